The van der Waals surface area contributed by atoms with Crippen LogP contribution < -0.4 is 15.4 Å². The zero-order valence-corrected chi connectivity index (χ0v) is 20.4. The van der Waals surface area contributed by atoms with E-state index in [-0.39, 0.29) is 29.5 Å². The Hall–Kier alpha value is -1.13. The number of ether oxygens (including phenoxy) is 2. The lowest BCUT2D eigenvalue weighted by molar-refractivity contribution is -0.00834. The van der Waals surface area contributed by atoms with Crippen molar-refractivity contribution in [1.29, 1.82) is 0 Å². The van der Waals surface area contributed by atoms with Crippen molar-refractivity contribution >= 4 is 29.9 Å². The second kappa shape index (κ2) is 11.8. The van der Waals surface area contributed by atoms with E-state index in [1.165, 1.54) is 0 Å². The number of halogens is 1. The summed E-state index contributed by atoms with van der Waals surface area (Å²) in [6.07, 6.45) is 1.85. The monoisotopic (exact) mass is 505 g/mol. The van der Waals surface area contributed by atoms with E-state index in [9.17, 15) is 0 Å². The Morgan fingerprint density at radius 2 is 1.96 bits per heavy atom. The van der Waals surface area contributed by atoms with Crippen molar-refractivity contribution in [2.75, 3.05) is 46.5 Å². The first-order chi connectivity index (χ1) is 12.9. The van der Waals surface area contributed by atoms with Gasteiger partial charge in [-0.3, -0.25) is 9.88 Å². The number of aromatic nitrogens is 1. The molecule has 2 rings (SSSR count). The molecule has 2 heterocycles. The smallest absolute Gasteiger partial charge is 0.191 e. The van der Waals surface area contributed by atoms with Crippen LogP contribution in [-0.2, 0) is 11.3 Å². The summed E-state index contributed by atoms with van der Waals surface area (Å²) in [5.74, 6) is 1.70. The van der Waals surface area contributed by atoms with Gasteiger partial charge in [0.1, 0.15) is 5.75 Å². The number of pyridine rings is 1. The SMILES string of the molecule is CCNC(=NCc1ncc(C)c(OC)c1C)NCC(C)(C)N1CCOCC1.I. The number of methoxy groups -OCH3 is 1. The molecule has 28 heavy (non-hydrogen) atoms. The van der Waals surface area contributed by atoms with Gasteiger partial charge in [-0.2, -0.15) is 0 Å². The summed E-state index contributed by atoms with van der Waals surface area (Å²) in [6.45, 7) is 16.3. The van der Waals surface area contributed by atoms with Crippen molar-refractivity contribution in [3.63, 3.8) is 0 Å². The molecule has 1 fully saturated rings. The molecule has 0 aromatic carbocycles. The fourth-order valence-electron chi connectivity index (χ4n) is 3.31. The first-order valence-corrected chi connectivity index (χ1v) is 9.73. The van der Waals surface area contributed by atoms with Gasteiger partial charge in [-0.15, -0.1) is 24.0 Å². The number of nitrogens with one attached hydrogen (secondary N) is 2. The summed E-state index contributed by atoms with van der Waals surface area (Å²) < 4.78 is 11.0. The number of hydrogen-bond acceptors (Lipinski definition) is 5. The highest BCUT2D eigenvalue weighted by Gasteiger charge is 2.28. The lowest BCUT2D eigenvalue weighted by Gasteiger charge is -2.41. The topological polar surface area (TPSA) is 71.0 Å². The lowest BCUT2D eigenvalue weighted by atomic mass is 10.0. The third kappa shape index (κ3) is 6.73. The standard InChI is InChI=1S/C20H35N5O2.HI/c1-7-21-19(24-14-20(4,5)25-8-10-27-11-9-25)23-13-17-16(3)18(26-6)15(2)12-22-17;/h12H,7-11,13-14H2,1-6H3,(H2,21,23,24);1H. The largest absolute Gasteiger partial charge is 0.496 e. The van der Waals surface area contributed by atoms with Gasteiger partial charge in [-0.25, -0.2) is 4.99 Å². The predicted molar refractivity (Wildman–Crippen MR) is 125 cm³/mol. The quantitative estimate of drug-likeness (QED) is 0.337. The maximum Gasteiger partial charge on any atom is 0.191 e. The van der Waals surface area contributed by atoms with Crippen molar-refractivity contribution < 1.29 is 9.47 Å². The molecule has 2 N–H and O–H groups in total. The normalized spacial score (nSPS) is 15.7. The second-order valence-electron chi connectivity index (χ2n) is 7.51. The Balaban J connectivity index is 0.00000392. The maximum atomic E-state index is 5.49. The van der Waals surface area contributed by atoms with Crippen LogP contribution in [0.25, 0.3) is 0 Å². The molecular weight excluding hydrogens is 469 g/mol. The van der Waals surface area contributed by atoms with Crippen molar-refractivity contribution in [2.24, 2.45) is 4.99 Å². The number of hydrogen-bond donors (Lipinski definition) is 2. The predicted octanol–water partition coefficient (Wildman–Crippen LogP) is 2.49. The van der Waals surface area contributed by atoms with E-state index in [1.807, 2.05) is 20.0 Å². The molecule has 0 spiro atoms. The Kier molecular flexibility index (Phi) is 10.5. The number of aryl methyl sites for hydroxylation is 1. The molecule has 7 nitrogen and oxygen atoms in total. The van der Waals surface area contributed by atoms with Gasteiger partial charge in [0.2, 0.25) is 0 Å². The lowest BCUT2D eigenvalue weighted by Crippen LogP contribution is -2.56. The van der Waals surface area contributed by atoms with E-state index in [1.54, 1.807) is 7.11 Å². The molecule has 1 aromatic rings. The van der Waals surface area contributed by atoms with E-state index < -0.39 is 0 Å². The molecule has 1 aliphatic heterocycles. The molecule has 0 unspecified atom stereocenters. The van der Waals surface area contributed by atoms with Crippen LogP contribution in [0.5, 0.6) is 5.75 Å². The molecule has 1 saturated heterocycles. The molecule has 1 aromatic heterocycles. The molecule has 1 aliphatic rings. The number of aliphatic imine (C=N–C) groups is 1. The Labute approximate surface area is 186 Å². The van der Waals surface area contributed by atoms with Gasteiger partial charge >= 0.3 is 0 Å². The summed E-state index contributed by atoms with van der Waals surface area (Å²) in [7, 11) is 1.70. The highest BCUT2D eigenvalue weighted by molar-refractivity contribution is 14.0. The molecule has 0 bridgehead atoms. The molecule has 0 aliphatic carbocycles. The second-order valence-corrected chi connectivity index (χ2v) is 7.51. The summed E-state index contributed by atoms with van der Waals surface area (Å²) in [5, 5.41) is 6.81. The van der Waals surface area contributed by atoms with Crippen LogP contribution in [0.15, 0.2) is 11.2 Å². The Morgan fingerprint density at radius 1 is 1.29 bits per heavy atom. The van der Waals surface area contributed by atoms with E-state index >= 15 is 0 Å². The summed E-state index contributed by atoms with van der Waals surface area (Å²) >= 11 is 0. The third-order valence-electron chi connectivity index (χ3n) is 5.04. The highest BCUT2D eigenvalue weighted by atomic mass is 127. The molecule has 0 radical (unpaired) electrons. The fraction of sp³-hybridized carbons (Fsp3) is 0.700. The van der Waals surface area contributed by atoms with Gasteiger partial charge < -0.3 is 20.1 Å². The minimum Gasteiger partial charge on any atom is -0.496 e. The van der Waals surface area contributed by atoms with Gasteiger partial charge in [-0.05, 0) is 34.6 Å². The molecule has 8 heteroatoms. The van der Waals surface area contributed by atoms with Gasteiger partial charge in [0.05, 0.1) is 32.6 Å². The number of rotatable bonds is 7. The van der Waals surface area contributed by atoms with Gasteiger partial charge in [-0.1, -0.05) is 0 Å². The minimum atomic E-state index is 0. The van der Waals surface area contributed by atoms with Crippen molar-refractivity contribution in [2.45, 2.75) is 46.7 Å². The Bertz CT molecular complexity index is 646. The maximum absolute atomic E-state index is 5.49. The summed E-state index contributed by atoms with van der Waals surface area (Å²) in [5.41, 5.74) is 3.05. The minimum absolute atomic E-state index is 0. The molecule has 0 atom stereocenters. The molecule has 160 valence electrons. The average molecular weight is 505 g/mol. The first kappa shape index (κ1) is 24.9. The van der Waals surface area contributed by atoms with E-state index in [0.717, 1.165) is 67.9 Å². The fourth-order valence-corrected chi connectivity index (χ4v) is 3.31. The summed E-state index contributed by atoms with van der Waals surface area (Å²) in [4.78, 5) is 11.7. The summed E-state index contributed by atoms with van der Waals surface area (Å²) in [6, 6.07) is 0. The molecular formula is C20H36IN5O2. The zero-order valence-electron chi connectivity index (χ0n) is 18.1. The van der Waals surface area contributed by atoms with Crippen LogP contribution in [0.1, 0.15) is 37.6 Å². The van der Waals surface area contributed by atoms with Gasteiger partial charge in [0.15, 0.2) is 5.96 Å². The molecule has 0 amide bonds. The van der Waals surface area contributed by atoms with Gasteiger partial charge in [0, 0.05) is 49.0 Å². The molecule has 0 saturated carbocycles. The van der Waals surface area contributed by atoms with Crippen LogP contribution in [0.4, 0.5) is 0 Å². The zero-order chi connectivity index (χ0) is 19.9. The number of morpholine rings is 1. The van der Waals surface area contributed by atoms with Gasteiger partial charge in [0.25, 0.3) is 0 Å². The van der Waals surface area contributed by atoms with Crippen LogP contribution >= 0.6 is 24.0 Å². The first-order valence-electron chi connectivity index (χ1n) is 9.73. The van der Waals surface area contributed by atoms with E-state index in [4.69, 9.17) is 14.5 Å². The average Bonchev–Trinajstić information content (AvgIpc) is 2.66. The van der Waals surface area contributed by atoms with Crippen LogP contribution in [0.2, 0.25) is 0 Å². The van der Waals surface area contributed by atoms with Crippen LogP contribution in [0.3, 0.4) is 0 Å². The highest BCUT2D eigenvalue weighted by Crippen LogP contribution is 2.24. The van der Waals surface area contributed by atoms with E-state index in [0.29, 0.717) is 6.54 Å². The van der Waals surface area contributed by atoms with E-state index in [2.05, 4.69) is 41.3 Å². The number of guanidine groups is 1. The third-order valence-corrected chi connectivity index (χ3v) is 5.04. The Morgan fingerprint density at radius 3 is 2.57 bits per heavy atom. The number of nitrogens with zero attached hydrogens (tertiary/aromatic N) is 3. The van der Waals surface area contributed by atoms with Crippen LogP contribution in [-0.4, -0.2) is 67.9 Å². The van der Waals surface area contributed by atoms with Crippen LogP contribution in [0, 0.1) is 13.8 Å². The van der Waals surface area contributed by atoms with Crippen molar-refractivity contribution in [1.82, 2.24) is 20.5 Å². The van der Waals surface area contributed by atoms with Crippen molar-refractivity contribution in [3.8, 4) is 5.75 Å². The van der Waals surface area contributed by atoms with Crippen molar-refractivity contribution in [3.05, 3.63) is 23.0 Å².